The molecule has 0 aromatic heterocycles. The van der Waals surface area contributed by atoms with Gasteiger partial charge < -0.3 is 15.3 Å². The minimum absolute atomic E-state index is 0.0242. The number of rotatable bonds is 4. The normalized spacial score (nSPS) is 13.1. The Kier molecular flexibility index (Phi) is 4.20. The Labute approximate surface area is 141 Å². The lowest BCUT2D eigenvalue weighted by atomic mass is 9.80. The van der Waals surface area contributed by atoms with Crippen LogP contribution in [0, 0.1) is 0 Å². The molecule has 0 spiro atoms. The lowest BCUT2D eigenvalue weighted by Crippen LogP contribution is -2.23. The van der Waals surface area contributed by atoms with Gasteiger partial charge in [-0.15, -0.1) is 0 Å². The number of hydrogen-bond acceptors (Lipinski definition) is 3. The van der Waals surface area contributed by atoms with E-state index in [-0.39, 0.29) is 17.4 Å². The SMILES string of the molecule is CC(C)(O)CC(c1ccc(O)cc1O)c1cccc2ccccc12. The first-order valence-corrected chi connectivity index (χ1v) is 8.07. The van der Waals surface area contributed by atoms with Crippen LogP contribution in [0.1, 0.15) is 37.3 Å². The van der Waals surface area contributed by atoms with E-state index >= 15 is 0 Å². The van der Waals surface area contributed by atoms with E-state index in [1.54, 1.807) is 26.0 Å². The molecule has 0 radical (unpaired) electrons. The van der Waals surface area contributed by atoms with Gasteiger partial charge in [0.25, 0.3) is 0 Å². The molecule has 1 unspecified atom stereocenters. The molecule has 0 bridgehead atoms. The molecule has 3 heteroatoms. The van der Waals surface area contributed by atoms with Crippen molar-refractivity contribution in [1.29, 1.82) is 0 Å². The zero-order valence-electron chi connectivity index (χ0n) is 13.9. The first kappa shape index (κ1) is 16.3. The van der Waals surface area contributed by atoms with Crippen molar-refractivity contribution in [3.63, 3.8) is 0 Å². The molecule has 3 aromatic rings. The largest absolute Gasteiger partial charge is 0.508 e. The summed E-state index contributed by atoms with van der Waals surface area (Å²) in [5.74, 6) is -0.120. The predicted octanol–water partition coefficient (Wildman–Crippen LogP) is 4.54. The molecule has 0 amide bonds. The summed E-state index contributed by atoms with van der Waals surface area (Å²) >= 11 is 0. The highest BCUT2D eigenvalue weighted by Crippen LogP contribution is 2.40. The third-order valence-electron chi connectivity index (χ3n) is 4.29. The van der Waals surface area contributed by atoms with Crippen molar-refractivity contribution in [2.75, 3.05) is 0 Å². The second-order valence-electron chi connectivity index (χ2n) is 6.88. The Hall–Kier alpha value is -2.52. The second-order valence-corrected chi connectivity index (χ2v) is 6.88. The molecule has 0 aliphatic heterocycles. The van der Waals surface area contributed by atoms with Crippen LogP contribution in [-0.2, 0) is 0 Å². The topological polar surface area (TPSA) is 60.7 Å². The molecule has 0 aliphatic carbocycles. The Morgan fingerprint density at radius 1 is 0.875 bits per heavy atom. The van der Waals surface area contributed by atoms with E-state index in [2.05, 4.69) is 18.2 Å². The summed E-state index contributed by atoms with van der Waals surface area (Å²) in [5, 5.41) is 32.6. The fourth-order valence-electron chi connectivity index (χ4n) is 3.27. The zero-order valence-corrected chi connectivity index (χ0v) is 13.9. The lowest BCUT2D eigenvalue weighted by molar-refractivity contribution is 0.0665. The van der Waals surface area contributed by atoms with Crippen molar-refractivity contribution in [2.24, 2.45) is 0 Å². The van der Waals surface area contributed by atoms with Crippen molar-refractivity contribution in [3.8, 4) is 11.5 Å². The molecule has 1 atom stereocenters. The van der Waals surface area contributed by atoms with Gasteiger partial charge in [0.1, 0.15) is 11.5 Å². The first-order chi connectivity index (χ1) is 11.3. The molecular formula is C21H22O3. The van der Waals surface area contributed by atoms with Crippen LogP contribution in [0.4, 0.5) is 0 Å². The van der Waals surface area contributed by atoms with Crippen LogP contribution in [0.5, 0.6) is 11.5 Å². The van der Waals surface area contributed by atoms with E-state index in [0.29, 0.717) is 12.0 Å². The number of aliphatic hydroxyl groups is 1. The van der Waals surface area contributed by atoms with Crippen LogP contribution in [-0.4, -0.2) is 20.9 Å². The van der Waals surface area contributed by atoms with Gasteiger partial charge in [0.2, 0.25) is 0 Å². The highest BCUT2D eigenvalue weighted by molar-refractivity contribution is 5.86. The van der Waals surface area contributed by atoms with Crippen LogP contribution >= 0.6 is 0 Å². The van der Waals surface area contributed by atoms with Gasteiger partial charge in [0, 0.05) is 17.5 Å². The van der Waals surface area contributed by atoms with Gasteiger partial charge in [-0.1, -0.05) is 48.5 Å². The smallest absolute Gasteiger partial charge is 0.123 e. The van der Waals surface area contributed by atoms with Crippen molar-refractivity contribution < 1.29 is 15.3 Å². The Bertz CT molecular complexity index is 857. The van der Waals surface area contributed by atoms with Crippen molar-refractivity contribution in [3.05, 3.63) is 71.8 Å². The summed E-state index contributed by atoms with van der Waals surface area (Å²) < 4.78 is 0. The number of phenolic OH excluding ortho intramolecular Hbond substituents is 2. The van der Waals surface area contributed by atoms with Crippen molar-refractivity contribution in [1.82, 2.24) is 0 Å². The Morgan fingerprint density at radius 3 is 2.29 bits per heavy atom. The molecule has 0 aliphatic rings. The van der Waals surface area contributed by atoms with Crippen molar-refractivity contribution >= 4 is 10.8 Å². The molecular weight excluding hydrogens is 300 g/mol. The Balaban J connectivity index is 2.21. The number of phenols is 2. The lowest BCUT2D eigenvalue weighted by Gasteiger charge is -2.27. The van der Waals surface area contributed by atoms with Crippen LogP contribution in [0.2, 0.25) is 0 Å². The third-order valence-corrected chi connectivity index (χ3v) is 4.29. The summed E-state index contributed by atoms with van der Waals surface area (Å²) in [7, 11) is 0. The first-order valence-electron chi connectivity index (χ1n) is 8.07. The fraction of sp³-hybridized carbons (Fsp3) is 0.238. The monoisotopic (exact) mass is 322 g/mol. The average molecular weight is 322 g/mol. The minimum Gasteiger partial charge on any atom is -0.508 e. The minimum atomic E-state index is -0.897. The average Bonchev–Trinajstić information content (AvgIpc) is 2.52. The van der Waals surface area contributed by atoms with Crippen molar-refractivity contribution in [2.45, 2.75) is 31.8 Å². The summed E-state index contributed by atoms with van der Waals surface area (Å²) in [6, 6.07) is 18.8. The van der Waals surface area contributed by atoms with Gasteiger partial charge in [-0.25, -0.2) is 0 Å². The maximum atomic E-state index is 10.4. The Morgan fingerprint density at radius 2 is 1.58 bits per heavy atom. The molecule has 3 nitrogen and oxygen atoms in total. The molecule has 3 rings (SSSR count). The van der Waals surface area contributed by atoms with Crippen LogP contribution in [0.15, 0.2) is 60.7 Å². The van der Waals surface area contributed by atoms with Gasteiger partial charge >= 0.3 is 0 Å². The highest BCUT2D eigenvalue weighted by atomic mass is 16.3. The van der Waals surface area contributed by atoms with E-state index in [1.807, 2.05) is 24.3 Å². The summed E-state index contributed by atoms with van der Waals surface area (Å²) in [5.41, 5.74) is 0.855. The van der Waals surface area contributed by atoms with Gasteiger partial charge in [0.15, 0.2) is 0 Å². The van der Waals surface area contributed by atoms with E-state index in [0.717, 1.165) is 16.3 Å². The van der Waals surface area contributed by atoms with E-state index in [9.17, 15) is 15.3 Å². The molecule has 3 N–H and O–H groups in total. The summed E-state index contributed by atoms with van der Waals surface area (Å²) in [4.78, 5) is 0. The maximum Gasteiger partial charge on any atom is 0.123 e. The van der Waals surface area contributed by atoms with E-state index in [4.69, 9.17) is 0 Å². The van der Waals surface area contributed by atoms with Gasteiger partial charge in [0.05, 0.1) is 5.60 Å². The summed E-state index contributed by atoms with van der Waals surface area (Å²) in [6.45, 7) is 3.53. The molecule has 0 saturated carbocycles. The number of fused-ring (bicyclic) bond motifs is 1. The molecule has 124 valence electrons. The van der Waals surface area contributed by atoms with Crippen LogP contribution < -0.4 is 0 Å². The van der Waals surface area contributed by atoms with Crippen LogP contribution in [0.25, 0.3) is 10.8 Å². The number of benzene rings is 3. The van der Waals surface area contributed by atoms with E-state index < -0.39 is 5.60 Å². The molecule has 0 saturated heterocycles. The molecule has 24 heavy (non-hydrogen) atoms. The number of aromatic hydroxyl groups is 2. The molecule has 3 aromatic carbocycles. The highest BCUT2D eigenvalue weighted by Gasteiger charge is 2.26. The van der Waals surface area contributed by atoms with Gasteiger partial charge in [-0.3, -0.25) is 0 Å². The van der Waals surface area contributed by atoms with Gasteiger partial charge in [-0.05, 0) is 42.7 Å². The molecule has 0 heterocycles. The second kappa shape index (κ2) is 6.17. The summed E-state index contributed by atoms with van der Waals surface area (Å²) in [6.07, 6.45) is 0.458. The predicted molar refractivity (Wildman–Crippen MR) is 96.5 cm³/mol. The maximum absolute atomic E-state index is 10.4. The standard InChI is InChI=1S/C21H22O3/c1-21(2,24)13-19(18-11-10-15(22)12-20(18)23)17-9-5-7-14-6-3-4-8-16(14)17/h3-12,19,22-24H,13H2,1-2H3. The van der Waals surface area contributed by atoms with Gasteiger partial charge in [-0.2, -0.15) is 0 Å². The number of hydrogen-bond donors (Lipinski definition) is 3. The van der Waals surface area contributed by atoms with Crippen LogP contribution in [0.3, 0.4) is 0 Å². The third kappa shape index (κ3) is 3.36. The zero-order chi connectivity index (χ0) is 17.3. The fourth-order valence-corrected chi connectivity index (χ4v) is 3.27. The quantitative estimate of drug-likeness (QED) is 0.660. The van der Waals surface area contributed by atoms with E-state index in [1.165, 1.54) is 6.07 Å². The molecule has 0 fully saturated rings.